The van der Waals surface area contributed by atoms with Crippen molar-refractivity contribution in [2.24, 2.45) is 0 Å². The Morgan fingerprint density at radius 3 is 2.02 bits per heavy atom. The van der Waals surface area contributed by atoms with E-state index in [9.17, 15) is 38.2 Å². The molecule has 208 valence electrons. The van der Waals surface area contributed by atoms with Crippen molar-refractivity contribution in [3.8, 4) is 0 Å². The zero-order chi connectivity index (χ0) is 29.0. The first-order valence-electron chi connectivity index (χ1n) is 11.5. The molecule has 16 heteroatoms. The summed E-state index contributed by atoms with van der Waals surface area (Å²) in [6.45, 7) is 0.851. The van der Waals surface area contributed by atoms with Gasteiger partial charge < -0.3 is 20.1 Å². The van der Waals surface area contributed by atoms with Crippen LogP contribution in [0.5, 0.6) is 0 Å². The Bertz CT molecular complexity index is 1570. The number of nitro benzene ring substituents is 2. The summed E-state index contributed by atoms with van der Waals surface area (Å²) in [5, 5.41) is 35.1. The number of ether oxygens (including phenoxy) is 1. The number of hydrogen-bond acceptors (Lipinski definition) is 10. The minimum atomic E-state index is -4.12. The lowest BCUT2D eigenvalue weighted by Gasteiger charge is -2.28. The molecular weight excluding hydrogens is 550 g/mol. The number of amides is 1. The fourth-order valence-corrected chi connectivity index (χ4v) is 5.02. The second-order valence-electron chi connectivity index (χ2n) is 8.45. The highest BCUT2D eigenvalue weighted by Gasteiger charge is 2.33. The maximum absolute atomic E-state index is 12.9. The number of nitrogens with zero attached hydrogens (tertiary/aromatic N) is 3. The molecule has 1 amide bonds. The van der Waals surface area contributed by atoms with Gasteiger partial charge >= 0.3 is 5.97 Å². The van der Waals surface area contributed by atoms with Gasteiger partial charge in [-0.3, -0.25) is 29.7 Å². The summed E-state index contributed by atoms with van der Waals surface area (Å²) in [5.74, 6) is -2.12. The van der Waals surface area contributed by atoms with Crippen LogP contribution in [0.1, 0.15) is 20.7 Å². The average molecular weight is 572 g/mol. The molecule has 1 aliphatic heterocycles. The Morgan fingerprint density at radius 1 is 0.875 bits per heavy atom. The highest BCUT2D eigenvalue weighted by Crippen LogP contribution is 2.39. The quantitative estimate of drug-likeness (QED) is 0.251. The fourth-order valence-electron chi connectivity index (χ4n) is 3.98. The molecule has 4 rings (SSSR count). The molecule has 3 aromatic rings. The van der Waals surface area contributed by atoms with Gasteiger partial charge in [0.05, 0.1) is 39.1 Å². The van der Waals surface area contributed by atoms with E-state index in [1.54, 1.807) is 0 Å². The van der Waals surface area contributed by atoms with Crippen molar-refractivity contribution in [2.75, 3.05) is 41.2 Å². The minimum Gasteiger partial charge on any atom is -0.478 e. The first kappa shape index (κ1) is 27.9. The number of rotatable bonds is 9. The molecule has 15 nitrogen and oxygen atoms in total. The summed E-state index contributed by atoms with van der Waals surface area (Å²) in [5.41, 5.74) is -1.75. The zero-order valence-corrected chi connectivity index (χ0v) is 21.3. The lowest BCUT2D eigenvalue weighted by atomic mass is 10.1. The topological polar surface area (TPSA) is 211 Å². The molecule has 0 saturated carbocycles. The van der Waals surface area contributed by atoms with Gasteiger partial charge in [-0.25, -0.2) is 13.2 Å². The third kappa shape index (κ3) is 6.13. The maximum atomic E-state index is 12.9. The molecule has 0 unspecified atom stereocenters. The van der Waals surface area contributed by atoms with Crippen molar-refractivity contribution in [2.45, 2.75) is 4.90 Å². The lowest BCUT2D eigenvalue weighted by Crippen LogP contribution is -2.37. The van der Waals surface area contributed by atoms with Gasteiger partial charge in [-0.1, -0.05) is 6.07 Å². The van der Waals surface area contributed by atoms with Crippen LogP contribution in [0, 0.1) is 20.2 Å². The molecule has 1 saturated heterocycles. The second-order valence-corrected chi connectivity index (χ2v) is 10.1. The third-order valence-corrected chi connectivity index (χ3v) is 7.23. The number of benzene rings is 3. The third-order valence-electron chi connectivity index (χ3n) is 5.84. The summed E-state index contributed by atoms with van der Waals surface area (Å²) in [7, 11) is -4.12. The van der Waals surface area contributed by atoms with Crippen LogP contribution in [0.2, 0.25) is 0 Å². The van der Waals surface area contributed by atoms with Crippen LogP contribution >= 0.6 is 0 Å². The Hall–Kier alpha value is -5.09. The lowest BCUT2D eigenvalue weighted by molar-refractivity contribution is -0.392. The molecule has 0 atom stereocenters. The predicted molar refractivity (Wildman–Crippen MR) is 141 cm³/mol. The molecule has 0 aliphatic carbocycles. The Labute approximate surface area is 226 Å². The van der Waals surface area contributed by atoms with Crippen molar-refractivity contribution >= 4 is 50.3 Å². The molecule has 0 bridgehead atoms. The summed E-state index contributed by atoms with van der Waals surface area (Å²) >= 11 is 0. The molecule has 0 aromatic heterocycles. The van der Waals surface area contributed by atoms with Crippen LogP contribution in [0.15, 0.2) is 65.6 Å². The normalized spacial score (nSPS) is 13.3. The first-order chi connectivity index (χ1) is 19.0. The van der Waals surface area contributed by atoms with E-state index in [1.165, 1.54) is 47.4 Å². The number of carboxylic acid groups (broad SMARTS) is 1. The number of aromatic carboxylic acids is 1. The number of carbonyl (C=O) groups excluding carboxylic acids is 1. The number of sulfonamides is 1. The van der Waals surface area contributed by atoms with Crippen LogP contribution in [0.4, 0.5) is 28.4 Å². The van der Waals surface area contributed by atoms with E-state index >= 15 is 0 Å². The smallest absolute Gasteiger partial charge is 0.335 e. The van der Waals surface area contributed by atoms with Crippen LogP contribution < -0.4 is 14.9 Å². The van der Waals surface area contributed by atoms with E-state index in [4.69, 9.17) is 9.84 Å². The Balaban J connectivity index is 1.56. The van der Waals surface area contributed by atoms with Gasteiger partial charge in [0.15, 0.2) is 5.69 Å². The second kappa shape index (κ2) is 11.3. The summed E-state index contributed by atoms with van der Waals surface area (Å²) in [4.78, 5) is 47.3. The van der Waals surface area contributed by atoms with E-state index in [0.29, 0.717) is 0 Å². The van der Waals surface area contributed by atoms with Gasteiger partial charge in [0.1, 0.15) is 0 Å². The average Bonchev–Trinajstić information content (AvgIpc) is 2.92. The number of morpholine rings is 1. The summed E-state index contributed by atoms with van der Waals surface area (Å²) in [6.07, 6.45) is 0. The van der Waals surface area contributed by atoms with Crippen molar-refractivity contribution in [1.82, 2.24) is 0 Å². The molecular formula is C24H21N5O10S. The van der Waals surface area contributed by atoms with E-state index < -0.39 is 43.1 Å². The number of nitrogens with one attached hydrogen (secondary N) is 2. The molecule has 3 aromatic carbocycles. The van der Waals surface area contributed by atoms with Gasteiger partial charge in [0.25, 0.3) is 27.3 Å². The van der Waals surface area contributed by atoms with Crippen LogP contribution in [0.3, 0.4) is 0 Å². The highest BCUT2D eigenvalue weighted by molar-refractivity contribution is 7.92. The first-order valence-corrected chi connectivity index (χ1v) is 13.0. The Morgan fingerprint density at radius 2 is 1.48 bits per heavy atom. The molecule has 40 heavy (non-hydrogen) atoms. The van der Waals surface area contributed by atoms with Crippen molar-refractivity contribution in [3.05, 3.63) is 92.0 Å². The number of anilines is 3. The Kier molecular flexibility index (Phi) is 7.92. The van der Waals surface area contributed by atoms with E-state index in [1.807, 2.05) is 0 Å². The van der Waals surface area contributed by atoms with Crippen LogP contribution in [-0.4, -0.2) is 61.6 Å². The molecule has 3 N–H and O–H groups in total. The number of carboxylic acids is 1. The molecule has 1 aliphatic rings. The maximum Gasteiger partial charge on any atom is 0.335 e. The number of nitro groups is 2. The van der Waals surface area contributed by atoms with Crippen LogP contribution in [0.25, 0.3) is 0 Å². The number of hydrogen-bond donors (Lipinski definition) is 3. The summed E-state index contributed by atoms with van der Waals surface area (Å²) in [6, 6.07) is 12.0. The monoisotopic (exact) mass is 571 g/mol. The van der Waals surface area contributed by atoms with Crippen LogP contribution in [-0.2, 0) is 14.8 Å². The molecule has 0 radical (unpaired) electrons. The van der Waals surface area contributed by atoms with Gasteiger partial charge in [-0.05, 0) is 42.5 Å². The standard InChI is InChI=1S/C24H21N5O10S/c30-23(16-13-20(28(33)34)22(21(14-16)29(35)36)27-8-10-39-11-9-27)25-17-4-6-19(7-5-17)40(37,38)26-18-3-1-2-15(12-18)24(31)32/h1-7,12-14,26H,8-11H2,(H,25,30)(H,31,32). The van der Waals surface area contributed by atoms with Crippen molar-refractivity contribution in [1.29, 1.82) is 0 Å². The largest absolute Gasteiger partial charge is 0.478 e. The van der Waals surface area contributed by atoms with E-state index in [0.717, 1.165) is 18.2 Å². The SMILES string of the molecule is O=C(O)c1cccc(NS(=O)(=O)c2ccc(NC(=O)c3cc([N+](=O)[O-])c(N4CCOCC4)c([N+](=O)[O-])c3)cc2)c1. The summed E-state index contributed by atoms with van der Waals surface area (Å²) < 4.78 is 32.9. The van der Waals surface area contributed by atoms with Crippen molar-refractivity contribution in [3.63, 3.8) is 0 Å². The number of carbonyl (C=O) groups is 2. The van der Waals surface area contributed by atoms with E-state index in [2.05, 4.69) is 10.0 Å². The van der Waals surface area contributed by atoms with Gasteiger partial charge in [0.2, 0.25) is 0 Å². The molecule has 1 fully saturated rings. The predicted octanol–water partition coefficient (Wildman–Crippen LogP) is 3.09. The van der Waals surface area contributed by atoms with Gasteiger partial charge in [0, 0.05) is 36.6 Å². The van der Waals surface area contributed by atoms with E-state index in [-0.39, 0.29) is 59.4 Å². The minimum absolute atomic E-state index is 0.0287. The fraction of sp³-hybridized carbons (Fsp3) is 0.167. The molecule has 0 spiro atoms. The molecule has 1 heterocycles. The highest BCUT2D eigenvalue weighted by atomic mass is 32.2. The van der Waals surface area contributed by atoms with Gasteiger partial charge in [-0.15, -0.1) is 0 Å². The zero-order valence-electron chi connectivity index (χ0n) is 20.5. The van der Waals surface area contributed by atoms with Gasteiger partial charge in [-0.2, -0.15) is 0 Å². The van der Waals surface area contributed by atoms with Crippen molar-refractivity contribution < 1.29 is 37.7 Å².